The second-order valence-electron chi connectivity index (χ2n) is 6.88. The van der Waals surface area contributed by atoms with Gasteiger partial charge in [-0.05, 0) is 36.2 Å². The average Bonchev–Trinajstić information content (AvgIpc) is 2.95. The third-order valence-corrected chi connectivity index (χ3v) is 5.71. The lowest BCUT2D eigenvalue weighted by Gasteiger charge is -2.32. The van der Waals surface area contributed by atoms with Crippen LogP contribution in [0.15, 0.2) is 60.7 Å². The van der Waals surface area contributed by atoms with E-state index >= 15 is 0 Å². The fourth-order valence-corrected chi connectivity index (χ4v) is 4.54. The maximum absolute atomic E-state index is 13.7. The largest absolute Gasteiger partial charge is 0.341 e. The van der Waals surface area contributed by atoms with Crippen molar-refractivity contribution < 1.29 is 4.79 Å². The fraction of sp³-hybridized carbons (Fsp3) is 0.333. The van der Waals surface area contributed by atoms with E-state index in [1.54, 1.807) is 0 Å². The van der Waals surface area contributed by atoms with E-state index in [1.807, 2.05) is 65.6 Å². The van der Waals surface area contributed by atoms with Crippen LogP contribution in [-0.4, -0.2) is 22.0 Å². The summed E-state index contributed by atoms with van der Waals surface area (Å²) in [4.78, 5) is 15.6. The monoisotopic (exact) mass is 350 g/mol. The molecule has 1 aliphatic heterocycles. The normalized spacial score (nSPS) is 20.6. The number of nitrogens with one attached hydrogen (secondary N) is 1. The Hall–Kier alpha value is -2.20. The van der Waals surface area contributed by atoms with Crippen LogP contribution in [-0.2, 0) is 10.3 Å². The molecule has 2 aromatic rings. The molecule has 2 fully saturated rings. The van der Waals surface area contributed by atoms with E-state index in [0.717, 1.165) is 24.0 Å². The van der Waals surface area contributed by atoms with E-state index in [-0.39, 0.29) is 11.9 Å². The molecule has 0 unspecified atom stereocenters. The summed E-state index contributed by atoms with van der Waals surface area (Å²) in [5, 5.41) is 3.96. The summed E-state index contributed by atoms with van der Waals surface area (Å²) in [6.07, 6.45) is 5.66. The second-order valence-corrected chi connectivity index (χ2v) is 7.27. The number of amides is 1. The lowest BCUT2D eigenvalue weighted by atomic mass is 9.82. The topological polar surface area (TPSA) is 32.3 Å². The van der Waals surface area contributed by atoms with E-state index in [2.05, 4.69) is 5.32 Å². The van der Waals surface area contributed by atoms with Crippen LogP contribution in [0.1, 0.15) is 43.2 Å². The van der Waals surface area contributed by atoms with Crippen molar-refractivity contribution in [1.82, 2.24) is 10.2 Å². The van der Waals surface area contributed by atoms with E-state index in [0.29, 0.717) is 5.11 Å². The number of carbonyl (C=O) groups is 1. The maximum Gasteiger partial charge on any atom is 0.264 e. The molecule has 4 heteroatoms. The Balaban J connectivity index is 1.82. The molecule has 1 saturated heterocycles. The number of rotatable bonds is 3. The molecule has 0 spiro atoms. The van der Waals surface area contributed by atoms with Gasteiger partial charge in [0.2, 0.25) is 0 Å². The molecular formula is C21H22N2OS. The van der Waals surface area contributed by atoms with Gasteiger partial charge < -0.3 is 5.32 Å². The molecule has 0 aromatic heterocycles. The summed E-state index contributed by atoms with van der Waals surface area (Å²) in [6, 6.07) is 20.1. The summed E-state index contributed by atoms with van der Waals surface area (Å²) in [5.74, 6) is 0.0572. The standard InChI is InChI=1S/C21H22N2OS/c24-19-21(16-10-4-1-5-11-16,17-12-6-2-7-13-17)22-20(25)23(19)18-14-8-3-9-15-18/h1-2,4-7,10-13,18H,3,8-9,14-15H2,(H,22,25). The fourth-order valence-electron chi connectivity index (χ4n) is 4.15. The minimum absolute atomic E-state index is 0.0572. The molecule has 4 rings (SSSR count). The molecule has 0 atom stereocenters. The first-order valence-corrected chi connectivity index (χ1v) is 9.41. The van der Waals surface area contributed by atoms with Crippen molar-refractivity contribution >= 4 is 23.2 Å². The first-order valence-electron chi connectivity index (χ1n) is 9.00. The number of thiocarbonyl (C=S) groups is 1. The lowest BCUT2D eigenvalue weighted by Crippen LogP contribution is -2.46. The van der Waals surface area contributed by atoms with Crippen LogP contribution in [0.25, 0.3) is 0 Å². The smallest absolute Gasteiger partial charge is 0.264 e. The minimum atomic E-state index is -0.920. The van der Waals surface area contributed by atoms with Crippen LogP contribution in [0.5, 0.6) is 0 Å². The lowest BCUT2D eigenvalue weighted by molar-refractivity contribution is -0.131. The molecule has 2 aromatic carbocycles. The number of carbonyl (C=O) groups excluding carboxylic acids is 1. The predicted octanol–water partition coefficient (Wildman–Crippen LogP) is 3.98. The van der Waals surface area contributed by atoms with E-state index in [4.69, 9.17) is 12.2 Å². The molecular weight excluding hydrogens is 328 g/mol. The summed E-state index contributed by atoms with van der Waals surface area (Å²) in [6.45, 7) is 0. The zero-order chi connectivity index (χ0) is 17.3. The predicted molar refractivity (Wildman–Crippen MR) is 103 cm³/mol. The van der Waals surface area contributed by atoms with Gasteiger partial charge in [-0.2, -0.15) is 0 Å². The van der Waals surface area contributed by atoms with Crippen molar-refractivity contribution in [2.24, 2.45) is 0 Å². The van der Waals surface area contributed by atoms with Crippen LogP contribution < -0.4 is 5.32 Å². The van der Waals surface area contributed by atoms with E-state index < -0.39 is 5.54 Å². The van der Waals surface area contributed by atoms with Crippen LogP contribution in [0.2, 0.25) is 0 Å². The van der Waals surface area contributed by atoms with Gasteiger partial charge in [-0.1, -0.05) is 79.9 Å². The highest BCUT2D eigenvalue weighted by Gasteiger charge is 2.53. The third kappa shape index (κ3) is 2.65. The number of hydrogen-bond donors (Lipinski definition) is 1. The summed E-state index contributed by atoms with van der Waals surface area (Å²) >= 11 is 5.64. The number of hydrogen-bond acceptors (Lipinski definition) is 2. The van der Waals surface area contributed by atoms with Crippen LogP contribution >= 0.6 is 12.2 Å². The minimum Gasteiger partial charge on any atom is -0.341 e. The van der Waals surface area contributed by atoms with Gasteiger partial charge in [0, 0.05) is 6.04 Å². The Morgan fingerprint density at radius 1 is 0.880 bits per heavy atom. The highest BCUT2D eigenvalue weighted by atomic mass is 32.1. The molecule has 25 heavy (non-hydrogen) atoms. The molecule has 1 saturated carbocycles. The van der Waals surface area contributed by atoms with Gasteiger partial charge in [0.25, 0.3) is 5.91 Å². The van der Waals surface area contributed by atoms with Gasteiger partial charge in [-0.25, -0.2) is 0 Å². The molecule has 0 radical (unpaired) electrons. The summed E-state index contributed by atoms with van der Waals surface area (Å²) < 4.78 is 0. The molecule has 0 bridgehead atoms. The van der Waals surface area contributed by atoms with Crippen molar-refractivity contribution in [3.63, 3.8) is 0 Å². The molecule has 2 aliphatic rings. The molecule has 1 aliphatic carbocycles. The van der Waals surface area contributed by atoms with Gasteiger partial charge in [0.05, 0.1) is 0 Å². The van der Waals surface area contributed by atoms with Gasteiger partial charge in [-0.3, -0.25) is 9.69 Å². The highest BCUT2D eigenvalue weighted by Crippen LogP contribution is 2.38. The van der Waals surface area contributed by atoms with Crippen LogP contribution in [0.3, 0.4) is 0 Å². The third-order valence-electron chi connectivity index (χ3n) is 5.41. The van der Waals surface area contributed by atoms with Crippen molar-refractivity contribution in [3.8, 4) is 0 Å². The van der Waals surface area contributed by atoms with Gasteiger partial charge in [0.15, 0.2) is 10.7 Å². The molecule has 1 N–H and O–H groups in total. The van der Waals surface area contributed by atoms with Crippen LogP contribution in [0.4, 0.5) is 0 Å². The van der Waals surface area contributed by atoms with Crippen molar-refractivity contribution in [1.29, 1.82) is 0 Å². The van der Waals surface area contributed by atoms with Crippen molar-refractivity contribution in [2.75, 3.05) is 0 Å². The van der Waals surface area contributed by atoms with Crippen LogP contribution in [0, 0.1) is 0 Å². The maximum atomic E-state index is 13.7. The summed E-state index contributed by atoms with van der Waals surface area (Å²) in [7, 11) is 0. The molecule has 1 amide bonds. The SMILES string of the molecule is O=C1N(C2CCCCC2)C(=S)NC1(c1ccccc1)c1ccccc1. The molecule has 3 nitrogen and oxygen atoms in total. The van der Waals surface area contributed by atoms with Gasteiger partial charge >= 0.3 is 0 Å². The summed E-state index contributed by atoms with van der Waals surface area (Å²) in [5.41, 5.74) is 0.954. The number of nitrogens with zero attached hydrogens (tertiary/aromatic N) is 1. The average molecular weight is 350 g/mol. The Labute approximate surface area is 154 Å². The van der Waals surface area contributed by atoms with Crippen molar-refractivity contribution in [2.45, 2.75) is 43.7 Å². The zero-order valence-corrected chi connectivity index (χ0v) is 15.0. The number of benzene rings is 2. The zero-order valence-electron chi connectivity index (χ0n) is 14.2. The van der Waals surface area contributed by atoms with Crippen molar-refractivity contribution in [3.05, 3.63) is 71.8 Å². The Morgan fingerprint density at radius 3 is 1.92 bits per heavy atom. The molecule has 128 valence electrons. The Kier molecular flexibility index (Phi) is 4.30. The first-order chi connectivity index (χ1) is 12.2. The quantitative estimate of drug-likeness (QED) is 0.850. The van der Waals surface area contributed by atoms with E-state index in [1.165, 1.54) is 19.3 Å². The first kappa shape index (κ1) is 16.3. The highest BCUT2D eigenvalue weighted by molar-refractivity contribution is 7.80. The second kappa shape index (κ2) is 6.60. The van der Waals surface area contributed by atoms with Gasteiger partial charge in [0.1, 0.15) is 0 Å². The molecule has 1 heterocycles. The Bertz CT molecular complexity index is 729. The van der Waals surface area contributed by atoms with Gasteiger partial charge in [-0.15, -0.1) is 0 Å². The Morgan fingerprint density at radius 2 is 1.40 bits per heavy atom. The van der Waals surface area contributed by atoms with E-state index in [9.17, 15) is 4.79 Å².